The fourth-order valence-electron chi connectivity index (χ4n) is 2.02. The van der Waals surface area contributed by atoms with E-state index >= 15 is 0 Å². The van der Waals surface area contributed by atoms with E-state index in [1.54, 1.807) is 12.1 Å². The van der Waals surface area contributed by atoms with Crippen LogP contribution in [0.5, 0.6) is 0 Å². The highest BCUT2D eigenvalue weighted by atomic mass is 79.9. The van der Waals surface area contributed by atoms with E-state index in [2.05, 4.69) is 42.7 Å². The Morgan fingerprint density at radius 3 is 2.37 bits per heavy atom. The minimum absolute atomic E-state index is 0.0497. The highest BCUT2D eigenvalue weighted by molar-refractivity contribution is 9.11. The number of hydrogen-bond donors (Lipinski definition) is 2. The van der Waals surface area contributed by atoms with Gasteiger partial charge < -0.3 is 5.73 Å². The van der Waals surface area contributed by atoms with Gasteiger partial charge in [0.2, 0.25) is 10.0 Å². The molecule has 0 radical (unpaired) electrons. The zero-order valence-corrected chi connectivity index (χ0v) is 14.1. The first-order valence-corrected chi connectivity index (χ1v) is 8.89. The average Bonchev–Trinajstić information content (AvgIpc) is 2.27. The van der Waals surface area contributed by atoms with Crippen LogP contribution in [0.3, 0.4) is 0 Å². The minimum atomic E-state index is -3.57. The molecule has 0 fully saturated rings. The number of rotatable bonds is 3. The Kier molecular flexibility index (Phi) is 4.70. The molecule has 2 rings (SSSR count). The molecule has 7 heteroatoms. The van der Waals surface area contributed by atoms with Crippen molar-refractivity contribution in [3.05, 3.63) is 33.2 Å². The van der Waals surface area contributed by atoms with Gasteiger partial charge in [0.25, 0.3) is 0 Å². The number of nitrogens with one attached hydrogen (secondary N) is 1. The minimum Gasteiger partial charge on any atom is -0.399 e. The maximum Gasteiger partial charge on any atom is 0.243 e. The van der Waals surface area contributed by atoms with Crippen molar-refractivity contribution in [2.24, 2.45) is 0 Å². The molecule has 3 N–H and O–H groups in total. The van der Waals surface area contributed by atoms with Gasteiger partial charge in [-0.3, -0.25) is 0 Å². The molecule has 0 heterocycles. The van der Waals surface area contributed by atoms with Gasteiger partial charge in [-0.05, 0) is 63.3 Å². The molecule has 1 aliphatic rings. The number of benzene rings is 1. The number of nitrogen functional groups attached to an aromatic ring is 1. The van der Waals surface area contributed by atoms with Gasteiger partial charge in [0.15, 0.2) is 0 Å². The van der Waals surface area contributed by atoms with Gasteiger partial charge >= 0.3 is 0 Å². The second-order valence-electron chi connectivity index (χ2n) is 4.42. The van der Waals surface area contributed by atoms with E-state index in [0.717, 1.165) is 19.3 Å². The molecule has 104 valence electrons. The van der Waals surface area contributed by atoms with Crippen LogP contribution in [0.2, 0.25) is 0 Å². The Hall–Kier alpha value is -0.370. The van der Waals surface area contributed by atoms with Gasteiger partial charge in [0.1, 0.15) is 4.90 Å². The zero-order valence-electron chi connectivity index (χ0n) is 10.1. The van der Waals surface area contributed by atoms with Crippen LogP contribution in [-0.4, -0.2) is 14.5 Å². The van der Waals surface area contributed by atoms with Crippen molar-refractivity contribution in [2.45, 2.75) is 30.2 Å². The normalized spacial score (nSPS) is 19.6. The van der Waals surface area contributed by atoms with Crippen LogP contribution >= 0.6 is 31.9 Å². The second-order valence-corrected chi connectivity index (χ2v) is 7.78. The van der Waals surface area contributed by atoms with Crippen molar-refractivity contribution >= 4 is 47.6 Å². The van der Waals surface area contributed by atoms with Gasteiger partial charge in [0.05, 0.1) is 0 Å². The molecule has 1 aromatic carbocycles. The van der Waals surface area contributed by atoms with E-state index in [-0.39, 0.29) is 10.9 Å². The molecule has 0 aliphatic heterocycles. The molecule has 1 aromatic rings. The second kappa shape index (κ2) is 5.95. The van der Waals surface area contributed by atoms with Crippen LogP contribution in [0.25, 0.3) is 0 Å². The molecular weight excluding hydrogens is 396 g/mol. The molecule has 1 aliphatic carbocycles. The number of nitrogens with two attached hydrogens (primary N) is 1. The summed E-state index contributed by atoms with van der Waals surface area (Å²) < 4.78 is 28.5. The number of anilines is 1. The molecule has 0 bridgehead atoms. The summed E-state index contributed by atoms with van der Waals surface area (Å²) in [6.45, 7) is 0. The van der Waals surface area contributed by atoms with Crippen molar-refractivity contribution in [1.29, 1.82) is 0 Å². The molecule has 1 unspecified atom stereocenters. The first-order chi connectivity index (χ1) is 8.90. The maximum absolute atomic E-state index is 12.4. The zero-order chi connectivity index (χ0) is 14.0. The van der Waals surface area contributed by atoms with Crippen molar-refractivity contribution in [1.82, 2.24) is 4.72 Å². The van der Waals surface area contributed by atoms with Gasteiger partial charge in [0, 0.05) is 20.7 Å². The molecule has 19 heavy (non-hydrogen) atoms. The summed E-state index contributed by atoms with van der Waals surface area (Å²) in [6, 6.07) is 3.12. The first-order valence-electron chi connectivity index (χ1n) is 5.82. The van der Waals surface area contributed by atoms with Crippen molar-refractivity contribution in [3.8, 4) is 0 Å². The quantitative estimate of drug-likeness (QED) is 0.594. The standard InChI is InChI=1S/C12H14Br2N2O2S/c13-10-6-8(15)7-11(14)12(10)19(17,18)16-9-4-2-1-3-5-9/h1-2,6-7,9,16H,3-5,15H2. The smallest absolute Gasteiger partial charge is 0.243 e. The molecule has 0 saturated heterocycles. The van der Waals surface area contributed by atoms with Gasteiger partial charge in [-0.2, -0.15) is 0 Å². The van der Waals surface area contributed by atoms with Crippen LogP contribution in [0.15, 0.2) is 38.1 Å². The molecular formula is C12H14Br2N2O2S. The molecule has 0 aromatic heterocycles. The summed E-state index contributed by atoms with van der Waals surface area (Å²) in [5.41, 5.74) is 6.17. The summed E-state index contributed by atoms with van der Waals surface area (Å²) in [5.74, 6) is 0. The lowest BCUT2D eigenvalue weighted by Crippen LogP contribution is -2.35. The fourth-order valence-corrected chi connectivity index (χ4v) is 5.92. The van der Waals surface area contributed by atoms with E-state index in [1.165, 1.54) is 0 Å². The van der Waals surface area contributed by atoms with Crippen molar-refractivity contribution in [3.63, 3.8) is 0 Å². The molecule has 0 amide bonds. The number of halogens is 2. The third kappa shape index (κ3) is 3.59. The van der Waals surface area contributed by atoms with E-state index in [0.29, 0.717) is 14.6 Å². The molecule has 1 atom stereocenters. The van der Waals surface area contributed by atoms with E-state index in [9.17, 15) is 8.42 Å². The van der Waals surface area contributed by atoms with E-state index in [1.807, 2.05) is 6.08 Å². The van der Waals surface area contributed by atoms with Crippen LogP contribution in [0, 0.1) is 0 Å². The lowest BCUT2D eigenvalue weighted by atomic mass is 10.0. The topological polar surface area (TPSA) is 72.2 Å². The largest absolute Gasteiger partial charge is 0.399 e. The molecule has 4 nitrogen and oxygen atoms in total. The summed E-state index contributed by atoms with van der Waals surface area (Å²) in [4.78, 5) is 0.191. The Balaban J connectivity index is 2.32. The van der Waals surface area contributed by atoms with Crippen molar-refractivity contribution in [2.75, 3.05) is 5.73 Å². The monoisotopic (exact) mass is 408 g/mol. The van der Waals surface area contributed by atoms with Crippen LogP contribution in [0.4, 0.5) is 5.69 Å². The SMILES string of the molecule is Nc1cc(Br)c(S(=O)(=O)NC2CC=CCC2)c(Br)c1. The Bertz CT molecular complexity index is 591. The van der Waals surface area contributed by atoms with Gasteiger partial charge in [-0.15, -0.1) is 0 Å². The summed E-state index contributed by atoms with van der Waals surface area (Å²) in [5, 5.41) is 0. The van der Waals surface area contributed by atoms with Crippen LogP contribution in [-0.2, 0) is 10.0 Å². The third-order valence-corrected chi connectivity index (χ3v) is 6.28. The summed E-state index contributed by atoms with van der Waals surface area (Å²) >= 11 is 6.51. The van der Waals surface area contributed by atoms with Crippen molar-refractivity contribution < 1.29 is 8.42 Å². The highest BCUT2D eigenvalue weighted by Gasteiger charge is 2.25. The molecule has 0 spiro atoms. The van der Waals surface area contributed by atoms with Crippen LogP contribution in [0.1, 0.15) is 19.3 Å². The Morgan fingerprint density at radius 2 is 1.84 bits per heavy atom. The number of allylic oxidation sites excluding steroid dienone is 1. The highest BCUT2D eigenvalue weighted by Crippen LogP contribution is 2.32. The summed E-state index contributed by atoms with van der Waals surface area (Å²) in [6.07, 6.45) is 6.52. The lowest BCUT2D eigenvalue weighted by molar-refractivity contribution is 0.522. The number of sulfonamides is 1. The average molecular weight is 410 g/mol. The number of hydrogen-bond acceptors (Lipinski definition) is 3. The lowest BCUT2D eigenvalue weighted by Gasteiger charge is -2.20. The van der Waals surface area contributed by atoms with Crippen LogP contribution < -0.4 is 10.5 Å². The Labute approximate surface area is 129 Å². The van der Waals surface area contributed by atoms with E-state index < -0.39 is 10.0 Å². The maximum atomic E-state index is 12.4. The third-order valence-electron chi connectivity index (χ3n) is 2.88. The predicted molar refractivity (Wildman–Crippen MR) is 83.4 cm³/mol. The van der Waals surface area contributed by atoms with E-state index in [4.69, 9.17) is 5.73 Å². The van der Waals surface area contributed by atoms with Gasteiger partial charge in [-0.1, -0.05) is 12.2 Å². The predicted octanol–water partition coefficient (Wildman–Crippen LogP) is 3.18. The Morgan fingerprint density at radius 1 is 1.21 bits per heavy atom. The fraction of sp³-hybridized carbons (Fsp3) is 0.333. The first kappa shape index (κ1) is 15.0. The summed E-state index contributed by atoms with van der Waals surface area (Å²) in [7, 11) is -3.57. The molecule has 0 saturated carbocycles. The van der Waals surface area contributed by atoms with Gasteiger partial charge in [-0.25, -0.2) is 13.1 Å².